The van der Waals surface area contributed by atoms with Crippen LogP contribution >= 0.6 is 0 Å². The molecule has 1 N–H and O–H groups in total. The largest absolute Gasteiger partial charge is 0.481 e. The molecule has 0 aromatic heterocycles. The molecule has 0 saturated heterocycles. The van der Waals surface area contributed by atoms with Gasteiger partial charge < -0.3 is 9.84 Å². The third-order valence-electron chi connectivity index (χ3n) is 2.57. The Labute approximate surface area is 82.6 Å². The lowest BCUT2D eigenvalue weighted by Gasteiger charge is -2.25. The number of carboxylic acids is 1. The van der Waals surface area contributed by atoms with Crippen molar-refractivity contribution >= 4 is 11.9 Å². The van der Waals surface area contributed by atoms with Crippen molar-refractivity contribution in [3.8, 4) is 0 Å². The summed E-state index contributed by atoms with van der Waals surface area (Å²) in [4.78, 5) is 22.2. The predicted octanol–water partition coefficient (Wildman–Crippen LogP) is 1.22. The summed E-state index contributed by atoms with van der Waals surface area (Å²) in [6, 6.07) is 0. The third-order valence-corrected chi connectivity index (χ3v) is 2.57. The summed E-state index contributed by atoms with van der Waals surface area (Å²) in [5, 5.41) is 8.94. The number of esters is 1. The summed E-state index contributed by atoms with van der Waals surface area (Å²) in [6.07, 6.45) is 2.81. The van der Waals surface area contributed by atoms with Gasteiger partial charge in [0.1, 0.15) is 0 Å². The smallest absolute Gasteiger partial charge is 0.309 e. The van der Waals surface area contributed by atoms with Gasteiger partial charge in [0.25, 0.3) is 0 Å². The van der Waals surface area contributed by atoms with Gasteiger partial charge in [0.2, 0.25) is 0 Å². The summed E-state index contributed by atoms with van der Waals surface area (Å²) in [5.41, 5.74) is 1.03. The molecule has 1 rings (SSSR count). The summed E-state index contributed by atoms with van der Waals surface area (Å²) < 4.78 is 4.57. The first-order valence-electron chi connectivity index (χ1n) is 4.52. The van der Waals surface area contributed by atoms with Gasteiger partial charge in [-0.1, -0.05) is 11.6 Å². The minimum atomic E-state index is -0.923. The highest BCUT2D eigenvalue weighted by atomic mass is 16.5. The lowest BCUT2D eigenvalue weighted by atomic mass is 9.80. The van der Waals surface area contributed by atoms with Crippen LogP contribution in [0.15, 0.2) is 11.6 Å². The maximum absolute atomic E-state index is 11.3. The fraction of sp³-hybridized carbons (Fsp3) is 0.600. The highest BCUT2D eigenvalue weighted by Gasteiger charge is 2.35. The lowest BCUT2D eigenvalue weighted by molar-refractivity contribution is -0.156. The minimum Gasteiger partial charge on any atom is -0.481 e. The fourth-order valence-electron chi connectivity index (χ4n) is 1.74. The average Bonchev–Trinajstić information content (AvgIpc) is 2.16. The first kappa shape index (κ1) is 10.8. The molecule has 4 nitrogen and oxygen atoms in total. The van der Waals surface area contributed by atoms with Gasteiger partial charge >= 0.3 is 11.9 Å². The molecule has 1 aliphatic rings. The first-order chi connectivity index (χ1) is 6.56. The molecule has 0 amide bonds. The quantitative estimate of drug-likeness (QED) is 0.535. The molecule has 14 heavy (non-hydrogen) atoms. The van der Waals surface area contributed by atoms with E-state index >= 15 is 0 Å². The van der Waals surface area contributed by atoms with Crippen LogP contribution in [-0.2, 0) is 14.3 Å². The van der Waals surface area contributed by atoms with Crippen LogP contribution in [0.1, 0.15) is 19.8 Å². The Morgan fingerprint density at radius 3 is 2.64 bits per heavy atom. The Morgan fingerprint density at radius 2 is 2.14 bits per heavy atom. The number of rotatable bonds is 2. The summed E-state index contributed by atoms with van der Waals surface area (Å²) in [6.45, 7) is 1.88. The molecule has 0 saturated carbocycles. The number of carboxylic acid groups (broad SMARTS) is 1. The number of ether oxygens (including phenoxy) is 1. The van der Waals surface area contributed by atoms with Gasteiger partial charge in [-0.2, -0.15) is 0 Å². The highest BCUT2D eigenvalue weighted by molar-refractivity contribution is 5.81. The first-order valence-corrected chi connectivity index (χ1v) is 4.52. The maximum atomic E-state index is 11.3. The van der Waals surface area contributed by atoms with Crippen LogP contribution < -0.4 is 0 Å². The van der Waals surface area contributed by atoms with Crippen LogP contribution in [0, 0.1) is 11.8 Å². The third kappa shape index (κ3) is 2.13. The second-order valence-corrected chi connectivity index (χ2v) is 3.56. The van der Waals surface area contributed by atoms with Crippen LogP contribution in [0.5, 0.6) is 0 Å². The van der Waals surface area contributed by atoms with E-state index in [0.29, 0.717) is 12.8 Å². The van der Waals surface area contributed by atoms with Crippen LogP contribution in [0.2, 0.25) is 0 Å². The number of carbonyl (C=O) groups is 2. The van der Waals surface area contributed by atoms with Crippen LogP contribution in [0.4, 0.5) is 0 Å². The van der Waals surface area contributed by atoms with Gasteiger partial charge in [0, 0.05) is 0 Å². The Hall–Kier alpha value is -1.32. The molecule has 0 fully saturated rings. The van der Waals surface area contributed by atoms with Crippen molar-refractivity contribution in [3.63, 3.8) is 0 Å². The van der Waals surface area contributed by atoms with E-state index in [9.17, 15) is 9.59 Å². The predicted molar refractivity (Wildman–Crippen MR) is 49.6 cm³/mol. The van der Waals surface area contributed by atoms with Gasteiger partial charge in [0.15, 0.2) is 0 Å². The van der Waals surface area contributed by atoms with E-state index in [1.807, 2.05) is 13.0 Å². The molecular weight excluding hydrogens is 184 g/mol. The fourth-order valence-corrected chi connectivity index (χ4v) is 1.74. The van der Waals surface area contributed by atoms with Gasteiger partial charge in [-0.05, 0) is 19.8 Å². The Balaban J connectivity index is 2.82. The van der Waals surface area contributed by atoms with E-state index in [1.54, 1.807) is 0 Å². The highest BCUT2D eigenvalue weighted by Crippen LogP contribution is 2.30. The zero-order valence-electron chi connectivity index (χ0n) is 8.32. The number of hydrogen-bond donors (Lipinski definition) is 1. The number of hydrogen-bond acceptors (Lipinski definition) is 3. The number of carbonyl (C=O) groups excluding carboxylic acids is 1. The van der Waals surface area contributed by atoms with Crippen molar-refractivity contribution < 1.29 is 19.4 Å². The Bertz CT molecular complexity index is 280. The topological polar surface area (TPSA) is 63.6 Å². The lowest BCUT2D eigenvalue weighted by Crippen LogP contribution is -2.32. The van der Waals surface area contributed by atoms with Gasteiger partial charge in [-0.3, -0.25) is 9.59 Å². The number of aliphatic carboxylic acids is 1. The van der Waals surface area contributed by atoms with Crippen molar-refractivity contribution in [2.45, 2.75) is 19.8 Å². The number of allylic oxidation sites excluding steroid dienone is 2. The minimum absolute atomic E-state index is 0.429. The van der Waals surface area contributed by atoms with E-state index in [4.69, 9.17) is 5.11 Å². The summed E-state index contributed by atoms with van der Waals surface area (Å²) in [7, 11) is 1.28. The van der Waals surface area contributed by atoms with Crippen molar-refractivity contribution in [2.24, 2.45) is 11.8 Å². The standard InChI is InChI=1S/C10H14O4/c1-6-3-4-7(10(13)14-2)8(5-6)9(11)12/h3,7-8H,4-5H2,1-2H3,(H,11,12). The molecule has 0 radical (unpaired) electrons. The van der Waals surface area contributed by atoms with Crippen LogP contribution in [-0.4, -0.2) is 24.2 Å². The van der Waals surface area contributed by atoms with Crippen LogP contribution in [0.25, 0.3) is 0 Å². The van der Waals surface area contributed by atoms with Crippen molar-refractivity contribution in [1.29, 1.82) is 0 Å². The van der Waals surface area contributed by atoms with Gasteiger partial charge in [-0.15, -0.1) is 0 Å². The Kier molecular flexibility index (Phi) is 3.28. The normalized spacial score (nSPS) is 26.6. The molecule has 0 aromatic carbocycles. The molecule has 78 valence electrons. The molecule has 2 atom stereocenters. The molecule has 0 aromatic rings. The molecular formula is C10H14O4. The number of methoxy groups -OCH3 is 1. The van der Waals surface area contributed by atoms with Crippen molar-refractivity contribution in [2.75, 3.05) is 7.11 Å². The molecule has 0 bridgehead atoms. The SMILES string of the molecule is COC(=O)C1CC=C(C)CC1C(=O)O. The van der Waals surface area contributed by atoms with E-state index in [0.717, 1.165) is 5.57 Å². The molecule has 0 heterocycles. The molecule has 0 aliphatic heterocycles. The second-order valence-electron chi connectivity index (χ2n) is 3.56. The maximum Gasteiger partial charge on any atom is 0.309 e. The van der Waals surface area contributed by atoms with Crippen LogP contribution in [0.3, 0.4) is 0 Å². The van der Waals surface area contributed by atoms with E-state index in [1.165, 1.54) is 7.11 Å². The van der Waals surface area contributed by atoms with E-state index < -0.39 is 23.8 Å². The van der Waals surface area contributed by atoms with Gasteiger partial charge in [-0.25, -0.2) is 0 Å². The molecule has 1 aliphatic carbocycles. The van der Waals surface area contributed by atoms with E-state index in [-0.39, 0.29) is 0 Å². The second kappa shape index (κ2) is 4.26. The molecule has 4 heteroatoms. The van der Waals surface area contributed by atoms with Gasteiger partial charge in [0.05, 0.1) is 18.9 Å². The summed E-state index contributed by atoms with van der Waals surface area (Å²) >= 11 is 0. The van der Waals surface area contributed by atoms with Crippen molar-refractivity contribution in [1.82, 2.24) is 0 Å². The zero-order chi connectivity index (χ0) is 10.7. The van der Waals surface area contributed by atoms with E-state index in [2.05, 4.69) is 4.74 Å². The Morgan fingerprint density at radius 1 is 1.50 bits per heavy atom. The zero-order valence-corrected chi connectivity index (χ0v) is 8.32. The molecule has 0 spiro atoms. The van der Waals surface area contributed by atoms with Crippen molar-refractivity contribution in [3.05, 3.63) is 11.6 Å². The molecule has 2 unspecified atom stereocenters. The summed E-state index contributed by atoms with van der Waals surface area (Å²) in [5.74, 6) is -2.51. The average molecular weight is 198 g/mol. The monoisotopic (exact) mass is 198 g/mol.